The van der Waals surface area contributed by atoms with Gasteiger partial charge in [-0.05, 0) is 35.6 Å². The SMILES string of the molecule is COC[C@@H]1CCN(Cc2ccc3c(c2)CNC3)C1. The molecule has 0 spiro atoms. The molecule has 0 amide bonds. The summed E-state index contributed by atoms with van der Waals surface area (Å²) >= 11 is 0. The standard InChI is InChI=1S/C15H22N2O/c1-18-11-13-4-5-17(10-13)9-12-2-3-14-7-16-8-15(14)6-12/h2-3,6,13,16H,4-5,7-11H2,1H3/t13-/m1/s1. The van der Waals surface area contributed by atoms with Gasteiger partial charge in [-0.1, -0.05) is 18.2 Å². The average Bonchev–Trinajstić information content (AvgIpc) is 2.98. The molecule has 3 heteroatoms. The Morgan fingerprint density at radius 2 is 2.22 bits per heavy atom. The third kappa shape index (κ3) is 2.58. The molecule has 2 aliphatic rings. The van der Waals surface area contributed by atoms with Gasteiger partial charge in [-0.25, -0.2) is 0 Å². The van der Waals surface area contributed by atoms with Gasteiger partial charge in [0, 0.05) is 33.3 Å². The van der Waals surface area contributed by atoms with Crippen LogP contribution in [0.25, 0.3) is 0 Å². The lowest BCUT2D eigenvalue weighted by Gasteiger charge is -2.16. The minimum absolute atomic E-state index is 0.728. The van der Waals surface area contributed by atoms with E-state index in [9.17, 15) is 0 Å². The van der Waals surface area contributed by atoms with Crippen LogP contribution in [0.3, 0.4) is 0 Å². The normalized spacial score (nSPS) is 23.5. The van der Waals surface area contributed by atoms with Crippen molar-refractivity contribution in [3.8, 4) is 0 Å². The zero-order valence-electron chi connectivity index (χ0n) is 11.1. The van der Waals surface area contributed by atoms with Crippen molar-refractivity contribution < 1.29 is 4.74 Å². The van der Waals surface area contributed by atoms with E-state index in [4.69, 9.17) is 4.74 Å². The number of hydrogen-bond acceptors (Lipinski definition) is 3. The molecule has 1 N–H and O–H groups in total. The van der Waals surface area contributed by atoms with Crippen molar-refractivity contribution in [2.45, 2.75) is 26.1 Å². The van der Waals surface area contributed by atoms with Crippen molar-refractivity contribution in [1.29, 1.82) is 0 Å². The summed E-state index contributed by atoms with van der Waals surface area (Å²) in [5, 5.41) is 3.40. The Hall–Kier alpha value is -0.900. The molecule has 2 aliphatic heterocycles. The molecule has 2 heterocycles. The maximum Gasteiger partial charge on any atom is 0.0503 e. The monoisotopic (exact) mass is 246 g/mol. The minimum atomic E-state index is 0.728. The van der Waals surface area contributed by atoms with Crippen LogP contribution in [0.15, 0.2) is 18.2 Å². The van der Waals surface area contributed by atoms with Crippen molar-refractivity contribution >= 4 is 0 Å². The van der Waals surface area contributed by atoms with Crippen molar-refractivity contribution in [1.82, 2.24) is 10.2 Å². The van der Waals surface area contributed by atoms with Crippen LogP contribution in [0.2, 0.25) is 0 Å². The zero-order chi connectivity index (χ0) is 12.4. The summed E-state index contributed by atoms with van der Waals surface area (Å²) in [6.07, 6.45) is 1.28. The molecule has 0 bridgehead atoms. The Labute approximate surface area is 109 Å². The molecule has 1 saturated heterocycles. The molecule has 3 rings (SSSR count). The highest BCUT2D eigenvalue weighted by Crippen LogP contribution is 2.21. The van der Waals surface area contributed by atoms with E-state index in [1.807, 2.05) is 0 Å². The van der Waals surface area contributed by atoms with E-state index in [1.54, 1.807) is 7.11 Å². The van der Waals surface area contributed by atoms with Crippen molar-refractivity contribution in [2.24, 2.45) is 5.92 Å². The molecule has 1 atom stereocenters. The van der Waals surface area contributed by atoms with Gasteiger partial charge in [0.15, 0.2) is 0 Å². The van der Waals surface area contributed by atoms with Crippen LogP contribution in [-0.2, 0) is 24.4 Å². The number of fused-ring (bicyclic) bond motifs is 1. The molecule has 0 radical (unpaired) electrons. The van der Waals surface area contributed by atoms with Crippen molar-refractivity contribution in [3.63, 3.8) is 0 Å². The van der Waals surface area contributed by atoms with Crippen molar-refractivity contribution in [3.05, 3.63) is 34.9 Å². The third-order valence-electron chi connectivity index (χ3n) is 4.08. The number of hydrogen-bond donors (Lipinski definition) is 1. The first-order valence-corrected chi connectivity index (χ1v) is 6.88. The third-order valence-corrected chi connectivity index (χ3v) is 4.08. The highest BCUT2D eigenvalue weighted by molar-refractivity contribution is 5.34. The molecule has 98 valence electrons. The van der Waals surface area contributed by atoms with Crippen LogP contribution < -0.4 is 5.32 Å². The van der Waals surface area contributed by atoms with Gasteiger partial charge in [0.2, 0.25) is 0 Å². The Balaban J connectivity index is 1.60. The van der Waals surface area contributed by atoms with Gasteiger partial charge in [0.25, 0.3) is 0 Å². The van der Waals surface area contributed by atoms with E-state index in [0.29, 0.717) is 0 Å². The van der Waals surface area contributed by atoms with Crippen LogP contribution >= 0.6 is 0 Å². The summed E-state index contributed by atoms with van der Waals surface area (Å²) in [6, 6.07) is 6.95. The number of nitrogens with zero attached hydrogens (tertiary/aromatic N) is 1. The van der Waals surface area contributed by atoms with Gasteiger partial charge in [-0.3, -0.25) is 4.90 Å². The Kier molecular flexibility index (Phi) is 3.64. The second-order valence-electron chi connectivity index (χ2n) is 5.55. The highest BCUT2D eigenvalue weighted by atomic mass is 16.5. The second kappa shape index (κ2) is 5.39. The molecule has 18 heavy (non-hydrogen) atoms. The van der Waals surface area contributed by atoms with Gasteiger partial charge in [0.05, 0.1) is 6.61 Å². The van der Waals surface area contributed by atoms with Crippen LogP contribution in [0, 0.1) is 5.92 Å². The van der Waals surface area contributed by atoms with Gasteiger partial charge in [-0.15, -0.1) is 0 Å². The molecule has 1 aromatic rings. The van der Waals surface area contributed by atoms with Crippen LogP contribution in [0.1, 0.15) is 23.1 Å². The molecule has 0 unspecified atom stereocenters. The quantitative estimate of drug-likeness (QED) is 0.876. The van der Waals surface area contributed by atoms with Gasteiger partial charge >= 0.3 is 0 Å². The van der Waals surface area contributed by atoms with Gasteiger partial charge < -0.3 is 10.1 Å². The lowest BCUT2D eigenvalue weighted by atomic mass is 10.1. The number of ether oxygens (including phenoxy) is 1. The number of benzene rings is 1. The molecule has 3 nitrogen and oxygen atoms in total. The molecule has 1 aromatic carbocycles. The van der Waals surface area contributed by atoms with Gasteiger partial charge in [0.1, 0.15) is 0 Å². The first kappa shape index (κ1) is 12.2. The number of nitrogens with one attached hydrogen (secondary N) is 1. The van der Waals surface area contributed by atoms with E-state index in [2.05, 4.69) is 28.4 Å². The van der Waals surface area contributed by atoms with Crippen LogP contribution in [0.5, 0.6) is 0 Å². The Morgan fingerprint density at radius 3 is 3.11 bits per heavy atom. The van der Waals surface area contributed by atoms with E-state index in [1.165, 1.54) is 36.2 Å². The lowest BCUT2D eigenvalue weighted by molar-refractivity contribution is 0.152. The summed E-state index contributed by atoms with van der Waals surface area (Å²) in [4.78, 5) is 2.55. The Bertz CT molecular complexity index is 419. The van der Waals surface area contributed by atoms with E-state index < -0.39 is 0 Å². The highest BCUT2D eigenvalue weighted by Gasteiger charge is 2.22. The number of rotatable bonds is 4. The summed E-state index contributed by atoms with van der Waals surface area (Å²) in [6.45, 7) is 6.47. The predicted molar refractivity (Wildman–Crippen MR) is 72.2 cm³/mol. The smallest absolute Gasteiger partial charge is 0.0503 e. The molecule has 1 fully saturated rings. The predicted octanol–water partition coefficient (Wildman–Crippen LogP) is 1.76. The molecule has 0 aliphatic carbocycles. The lowest BCUT2D eigenvalue weighted by Crippen LogP contribution is -2.21. The maximum absolute atomic E-state index is 5.25. The topological polar surface area (TPSA) is 24.5 Å². The summed E-state index contributed by atoms with van der Waals surface area (Å²) in [7, 11) is 1.80. The first-order chi connectivity index (χ1) is 8.85. The van der Waals surface area contributed by atoms with Crippen LogP contribution in [0.4, 0.5) is 0 Å². The molecule has 0 aromatic heterocycles. The summed E-state index contributed by atoms with van der Waals surface area (Å²) in [5.74, 6) is 0.728. The fraction of sp³-hybridized carbons (Fsp3) is 0.600. The molecule has 0 saturated carbocycles. The first-order valence-electron chi connectivity index (χ1n) is 6.88. The average molecular weight is 246 g/mol. The van der Waals surface area contributed by atoms with Gasteiger partial charge in [-0.2, -0.15) is 0 Å². The fourth-order valence-electron chi connectivity index (χ4n) is 3.13. The summed E-state index contributed by atoms with van der Waals surface area (Å²) in [5.41, 5.74) is 4.41. The Morgan fingerprint density at radius 1 is 1.33 bits per heavy atom. The fourth-order valence-corrected chi connectivity index (χ4v) is 3.13. The largest absolute Gasteiger partial charge is 0.384 e. The summed E-state index contributed by atoms with van der Waals surface area (Å²) < 4.78 is 5.25. The number of likely N-dealkylation sites (tertiary alicyclic amines) is 1. The van der Waals surface area contributed by atoms with E-state index >= 15 is 0 Å². The number of methoxy groups -OCH3 is 1. The van der Waals surface area contributed by atoms with Crippen molar-refractivity contribution in [2.75, 3.05) is 26.8 Å². The van der Waals surface area contributed by atoms with E-state index in [0.717, 1.165) is 32.2 Å². The van der Waals surface area contributed by atoms with E-state index in [-0.39, 0.29) is 0 Å². The molecular weight excluding hydrogens is 224 g/mol. The molecular formula is C15H22N2O. The zero-order valence-corrected chi connectivity index (χ0v) is 11.1. The minimum Gasteiger partial charge on any atom is -0.384 e. The maximum atomic E-state index is 5.25. The van der Waals surface area contributed by atoms with Crippen LogP contribution in [-0.4, -0.2) is 31.7 Å². The second-order valence-corrected chi connectivity index (χ2v) is 5.55.